The summed E-state index contributed by atoms with van der Waals surface area (Å²) in [5.74, 6) is 1.32. The van der Waals surface area contributed by atoms with Crippen molar-refractivity contribution >= 4 is 16.6 Å². The van der Waals surface area contributed by atoms with E-state index in [1.807, 2.05) is 48.5 Å². The standard InChI is InChI=1S/C17H16N2O2/c1-20-15-9-12-8-13(18)17(11-6-4-3-5-7-11)19-14(12)10-16(15)21-2/h3-10H,18H2,1-2H3. The molecule has 0 saturated carbocycles. The zero-order valence-electron chi connectivity index (χ0n) is 12.0. The van der Waals surface area contributed by atoms with Crippen LogP contribution in [-0.2, 0) is 0 Å². The molecule has 1 aromatic heterocycles. The molecule has 0 amide bonds. The smallest absolute Gasteiger partial charge is 0.162 e. The van der Waals surface area contributed by atoms with Crippen molar-refractivity contribution in [3.8, 4) is 22.8 Å². The van der Waals surface area contributed by atoms with Crippen molar-refractivity contribution < 1.29 is 9.47 Å². The predicted octanol–water partition coefficient (Wildman–Crippen LogP) is 3.50. The van der Waals surface area contributed by atoms with Gasteiger partial charge in [0.25, 0.3) is 0 Å². The monoisotopic (exact) mass is 280 g/mol. The van der Waals surface area contributed by atoms with E-state index in [1.54, 1.807) is 14.2 Å². The molecular weight excluding hydrogens is 264 g/mol. The summed E-state index contributed by atoms with van der Waals surface area (Å²) in [5.41, 5.74) is 9.37. The largest absolute Gasteiger partial charge is 0.493 e. The molecule has 3 aromatic rings. The maximum Gasteiger partial charge on any atom is 0.162 e. The number of hydrogen-bond donors (Lipinski definition) is 1. The Morgan fingerprint density at radius 2 is 1.57 bits per heavy atom. The summed E-state index contributed by atoms with van der Waals surface area (Å²) in [6, 6.07) is 15.5. The lowest BCUT2D eigenvalue weighted by molar-refractivity contribution is 0.356. The highest BCUT2D eigenvalue weighted by atomic mass is 16.5. The summed E-state index contributed by atoms with van der Waals surface area (Å²) in [6.07, 6.45) is 0. The number of aromatic nitrogens is 1. The molecule has 1 heterocycles. The number of methoxy groups -OCH3 is 2. The third kappa shape index (κ3) is 2.36. The summed E-state index contributed by atoms with van der Waals surface area (Å²) in [5, 5.41) is 0.921. The quantitative estimate of drug-likeness (QED) is 0.797. The molecule has 2 N–H and O–H groups in total. The van der Waals surface area contributed by atoms with Crippen molar-refractivity contribution in [3.05, 3.63) is 48.5 Å². The Bertz CT molecular complexity index is 786. The van der Waals surface area contributed by atoms with Gasteiger partial charge in [-0.15, -0.1) is 0 Å². The molecule has 4 heteroatoms. The van der Waals surface area contributed by atoms with E-state index in [2.05, 4.69) is 4.98 Å². The maximum atomic E-state index is 6.15. The summed E-state index contributed by atoms with van der Waals surface area (Å²) < 4.78 is 10.6. The molecule has 106 valence electrons. The van der Waals surface area contributed by atoms with Crippen LogP contribution >= 0.6 is 0 Å². The zero-order valence-corrected chi connectivity index (χ0v) is 12.0. The first-order chi connectivity index (χ1) is 10.2. The van der Waals surface area contributed by atoms with Crippen molar-refractivity contribution in [2.75, 3.05) is 20.0 Å². The van der Waals surface area contributed by atoms with Crippen LogP contribution in [0.15, 0.2) is 48.5 Å². The van der Waals surface area contributed by atoms with Gasteiger partial charge in [-0.2, -0.15) is 0 Å². The Morgan fingerprint density at radius 1 is 0.905 bits per heavy atom. The lowest BCUT2D eigenvalue weighted by Gasteiger charge is -2.11. The fourth-order valence-corrected chi connectivity index (χ4v) is 2.34. The molecule has 0 aliphatic rings. The van der Waals surface area contributed by atoms with E-state index in [0.717, 1.165) is 22.2 Å². The van der Waals surface area contributed by atoms with Gasteiger partial charge in [0.1, 0.15) is 0 Å². The predicted molar refractivity (Wildman–Crippen MR) is 84.7 cm³/mol. The number of nitrogens with zero attached hydrogens (tertiary/aromatic N) is 1. The van der Waals surface area contributed by atoms with E-state index in [1.165, 1.54) is 0 Å². The highest BCUT2D eigenvalue weighted by Crippen LogP contribution is 2.34. The molecule has 0 spiro atoms. The fourth-order valence-electron chi connectivity index (χ4n) is 2.34. The SMILES string of the molecule is COc1cc2cc(N)c(-c3ccccc3)nc2cc1OC. The molecule has 4 nitrogen and oxygen atoms in total. The maximum absolute atomic E-state index is 6.15. The van der Waals surface area contributed by atoms with Gasteiger partial charge in [0.15, 0.2) is 11.5 Å². The van der Waals surface area contributed by atoms with Crippen LogP contribution in [0.1, 0.15) is 0 Å². The van der Waals surface area contributed by atoms with Gasteiger partial charge in [0.2, 0.25) is 0 Å². The van der Waals surface area contributed by atoms with Crippen LogP contribution in [0.5, 0.6) is 11.5 Å². The molecule has 0 aliphatic carbocycles. The van der Waals surface area contributed by atoms with Gasteiger partial charge in [-0.05, 0) is 12.1 Å². The van der Waals surface area contributed by atoms with Crippen LogP contribution < -0.4 is 15.2 Å². The number of anilines is 1. The number of fused-ring (bicyclic) bond motifs is 1. The van der Waals surface area contributed by atoms with Crippen LogP contribution in [0.2, 0.25) is 0 Å². The summed E-state index contributed by atoms with van der Waals surface area (Å²) in [7, 11) is 3.22. The van der Waals surface area contributed by atoms with E-state index in [4.69, 9.17) is 15.2 Å². The second-order valence-corrected chi connectivity index (χ2v) is 4.69. The van der Waals surface area contributed by atoms with Crippen LogP contribution in [-0.4, -0.2) is 19.2 Å². The van der Waals surface area contributed by atoms with Gasteiger partial charge in [0.05, 0.1) is 31.1 Å². The topological polar surface area (TPSA) is 57.4 Å². The summed E-state index contributed by atoms with van der Waals surface area (Å²) in [4.78, 5) is 4.67. The van der Waals surface area contributed by atoms with Gasteiger partial charge in [-0.1, -0.05) is 30.3 Å². The molecule has 0 bridgehead atoms. The number of pyridine rings is 1. The molecule has 21 heavy (non-hydrogen) atoms. The Morgan fingerprint density at radius 3 is 2.24 bits per heavy atom. The minimum absolute atomic E-state index is 0.640. The van der Waals surface area contributed by atoms with E-state index in [-0.39, 0.29) is 0 Å². The third-order valence-corrected chi connectivity index (χ3v) is 3.40. The average Bonchev–Trinajstić information content (AvgIpc) is 2.53. The van der Waals surface area contributed by atoms with E-state index >= 15 is 0 Å². The van der Waals surface area contributed by atoms with Gasteiger partial charge in [-0.25, -0.2) is 4.98 Å². The Balaban J connectivity index is 2.23. The summed E-state index contributed by atoms with van der Waals surface area (Å²) in [6.45, 7) is 0. The second kappa shape index (κ2) is 5.32. The van der Waals surface area contributed by atoms with Crippen LogP contribution in [0.3, 0.4) is 0 Å². The average molecular weight is 280 g/mol. The number of hydrogen-bond acceptors (Lipinski definition) is 4. The molecule has 0 saturated heterocycles. The number of rotatable bonds is 3. The zero-order chi connectivity index (χ0) is 14.8. The molecule has 2 aromatic carbocycles. The lowest BCUT2D eigenvalue weighted by Crippen LogP contribution is -1.96. The minimum Gasteiger partial charge on any atom is -0.493 e. The molecule has 0 atom stereocenters. The van der Waals surface area contributed by atoms with Crippen molar-refractivity contribution in [3.63, 3.8) is 0 Å². The van der Waals surface area contributed by atoms with Crippen molar-refractivity contribution in [1.29, 1.82) is 0 Å². The molecule has 0 fully saturated rings. The lowest BCUT2D eigenvalue weighted by atomic mass is 10.1. The molecule has 0 radical (unpaired) electrons. The van der Waals surface area contributed by atoms with Crippen LogP contribution in [0.4, 0.5) is 5.69 Å². The molecule has 3 rings (SSSR count). The highest BCUT2D eigenvalue weighted by molar-refractivity contribution is 5.90. The highest BCUT2D eigenvalue weighted by Gasteiger charge is 2.11. The third-order valence-electron chi connectivity index (χ3n) is 3.40. The van der Waals surface area contributed by atoms with Crippen LogP contribution in [0, 0.1) is 0 Å². The number of benzene rings is 2. The van der Waals surface area contributed by atoms with Gasteiger partial charge >= 0.3 is 0 Å². The Hall–Kier alpha value is -2.75. The van der Waals surface area contributed by atoms with Crippen molar-refractivity contribution in [2.24, 2.45) is 0 Å². The Kier molecular flexibility index (Phi) is 3.36. The fraction of sp³-hybridized carbons (Fsp3) is 0.118. The van der Waals surface area contributed by atoms with Crippen LogP contribution in [0.25, 0.3) is 22.2 Å². The van der Waals surface area contributed by atoms with Gasteiger partial charge < -0.3 is 15.2 Å². The molecule has 0 aliphatic heterocycles. The van der Waals surface area contributed by atoms with Gasteiger partial charge in [0, 0.05) is 17.0 Å². The van der Waals surface area contributed by atoms with E-state index in [9.17, 15) is 0 Å². The number of nitrogens with two attached hydrogens (primary N) is 1. The first-order valence-electron chi connectivity index (χ1n) is 6.60. The Labute approximate surface area is 123 Å². The number of nitrogen functional groups attached to an aromatic ring is 1. The molecule has 0 unspecified atom stereocenters. The minimum atomic E-state index is 0.640. The van der Waals surface area contributed by atoms with Gasteiger partial charge in [-0.3, -0.25) is 0 Å². The first-order valence-corrected chi connectivity index (χ1v) is 6.60. The summed E-state index contributed by atoms with van der Waals surface area (Å²) >= 11 is 0. The van der Waals surface area contributed by atoms with Crippen molar-refractivity contribution in [1.82, 2.24) is 4.98 Å². The first kappa shape index (κ1) is 13.2. The molecular formula is C17H16N2O2. The normalized spacial score (nSPS) is 10.6. The van der Waals surface area contributed by atoms with E-state index in [0.29, 0.717) is 17.2 Å². The van der Waals surface area contributed by atoms with E-state index < -0.39 is 0 Å². The second-order valence-electron chi connectivity index (χ2n) is 4.69. The van der Waals surface area contributed by atoms with Crippen molar-refractivity contribution in [2.45, 2.75) is 0 Å². The number of ether oxygens (including phenoxy) is 2.